The molecule has 20 heavy (non-hydrogen) atoms. The minimum Gasteiger partial charge on any atom is -0.490 e. The summed E-state index contributed by atoms with van der Waals surface area (Å²) >= 11 is 0. The van der Waals surface area contributed by atoms with Gasteiger partial charge < -0.3 is 10.1 Å². The quantitative estimate of drug-likeness (QED) is 0.922. The van der Waals surface area contributed by atoms with Crippen molar-refractivity contribution in [2.24, 2.45) is 0 Å². The van der Waals surface area contributed by atoms with Gasteiger partial charge in [0.05, 0.1) is 6.10 Å². The van der Waals surface area contributed by atoms with Gasteiger partial charge in [-0.3, -0.25) is 4.79 Å². The average Bonchev–Trinajstić information content (AvgIpc) is 2.46. The molecule has 0 aliphatic heterocycles. The van der Waals surface area contributed by atoms with Crippen molar-refractivity contribution in [3.63, 3.8) is 0 Å². The van der Waals surface area contributed by atoms with E-state index < -0.39 is 0 Å². The van der Waals surface area contributed by atoms with Crippen LogP contribution in [0.1, 0.15) is 24.2 Å². The van der Waals surface area contributed by atoms with Crippen molar-refractivity contribution in [1.82, 2.24) is 5.32 Å². The lowest BCUT2D eigenvalue weighted by molar-refractivity contribution is 0.0963. The van der Waals surface area contributed by atoms with Gasteiger partial charge in [0, 0.05) is 18.2 Å². The molecule has 0 bridgehead atoms. The maximum atomic E-state index is 11.7. The van der Waals surface area contributed by atoms with Crippen LogP contribution in [0.15, 0.2) is 48.5 Å². The summed E-state index contributed by atoms with van der Waals surface area (Å²) in [5.41, 5.74) is 2.61. The molecule has 2 rings (SSSR count). The van der Waals surface area contributed by atoms with Crippen molar-refractivity contribution < 1.29 is 9.53 Å². The molecule has 104 valence electrons. The molecule has 2 aromatic carbocycles. The zero-order valence-electron chi connectivity index (χ0n) is 12.0. The standard InChI is InChI=1S/C17H19NO2/c1-12(2)20-16-10-5-4-9-15(16)13-7-6-8-14(11-13)17(19)18-3/h4-12H,1-3H3,(H,18,19). The van der Waals surface area contributed by atoms with Crippen molar-refractivity contribution in [2.75, 3.05) is 7.05 Å². The van der Waals surface area contributed by atoms with Crippen LogP contribution in [-0.4, -0.2) is 19.1 Å². The van der Waals surface area contributed by atoms with E-state index in [-0.39, 0.29) is 12.0 Å². The normalized spacial score (nSPS) is 10.4. The Balaban J connectivity index is 2.43. The first-order chi connectivity index (χ1) is 9.61. The van der Waals surface area contributed by atoms with Crippen molar-refractivity contribution in [3.05, 3.63) is 54.1 Å². The van der Waals surface area contributed by atoms with Crippen LogP contribution in [0.5, 0.6) is 5.75 Å². The number of amides is 1. The highest BCUT2D eigenvalue weighted by Crippen LogP contribution is 2.30. The summed E-state index contributed by atoms with van der Waals surface area (Å²) in [6.45, 7) is 4.00. The van der Waals surface area contributed by atoms with Crippen LogP contribution in [0.4, 0.5) is 0 Å². The number of benzene rings is 2. The number of hydrogen-bond donors (Lipinski definition) is 1. The molecule has 0 atom stereocenters. The van der Waals surface area contributed by atoms with Crippen LogP contribution in [0.25, 0.3) is 11.1 Å². The highest BCUT2D eigenvalue weighted by molar-refractivity contribution is 5.95. The average molecular weight is 269 g/mol. The van der Waals surface area contributed by atoms with Gasteiger partial charge in [0.2, 0.25) is 0 Å². The highest BCUT2D eigenvalue weighted by atomic mass is 16.5. The molecule has 0 aromatic heterocycles. The fourth-order valence-electron chi connectivity index (χ4n) is 2.03. The second-order valence-corrected chi connectivity index (χ2v) is 4.82. The summed E-state index contributed by atoms with van der Waals surface area (Å²) in [7, 11) is 1.63. The molecule has 1 N–H and O–H groups in total. The molecule has 0 aliphatic rings. The van der Waals surface area contributed by atoms with Gasteiger partial charge in [-0.25, -0.2) is 0 Å². The molecule has 3 nitrogen and oxygen atoms in total. The fourth-order valence-corrected chi connectivity index (χ4v) is 2.03. The summed E-state index contributed by atoms with van der Waals surface area (Å²) in [5.74, 6) is 0.741. The summed E-state index contributed by atoms with van der Waals surface area (Å²) in [5, 5.41) is 2.64. The zero-order chi connectivity index (χ0) is 14.5. The van der Waals surface area contributed by atoms with Crippen LogP contribution in [0, 0.1) is 0 Å². The van der Waals surface area contributed by atoms with Gasteiger partial charge in [-0.15, -0.1) is 0 Å². The van der Waals surface area contributed by atoms with Gasteiger partial charge in [-0.05, 0) is 37.6 Å². The first-order valence-electron chi connectivity index (χ1n) is 6.70. The van der Waals surface area contributed by atoms with Crippen LogP contribution in [0.3, 0.4) is 0 Å². The predicted octanol–water partition coefficient (Wildman–Crippen LogP) is 3.50. The molecule has 2 aromatic rings. The van der Waals surface area contributed by atoms with E-state index in [0.717, 1.165) is 16.9 Å². The molecule has 0 heterocycles. The summed E-state index contributed by atoms with van der Waals surface area (Å²) in [6.07, 6.45) is 0.110. The molecule has 0 spiro atoms. The SMILES string of the molecule is CNC(=O)c1cccc(-c2ccccc2OC(C)C)c1. The number of carbonyl (C=O) groups excluding carboxylic acids is 1. The van der Waals surface area contributed by atoms with Gasteiger partial charge in [-0.2, -0.15) is 0 Å². The second kappa shape index (κ2) is 6.24. The first-order valence-corrected chi connectivity index (χ1v) is 6.70. The van der Waals surface area contributed by atoms with E-state index >= 15 is 0 Å². The van der Waals surface area contributed by atoms with E-state index in [9.17, 15) is 4.79 Å². The smallest absolute Gasteiger partial charge is 0.251 e. The Bertz CT molecular complexity index is 605. The molecule has 3 heteroatoms. The van der Waals surface area contributed by atoms with E-state index in [4.69, 9.17) is 4.74 Å². The predicted molar refractivity (Wildman–Crippen MR) is 81.0 cm³/mol. The van der Waals surface area contributed by atoms with Crippen LogP contribution < -0.4 is 10.1 Å². The Morgan fingerprint density at radius 3 is 2.55 bits per heavy atom. The number of para-hydroxylation sites is 1. The summed E-state index contributed by atoms with van der Waals surface area (Å²) < 4.78 is 5.83. The van der Waals surface area contributed by atoms with Gasteiger partial charge in [0.25, 0.3) is 5.91 Å². The molecule has 0 unspecified atom stereocenters. The van der Waals surface area contributed by atoms with Crippen LogP contribution >= 0.6 is 0 Å². The van der Waals surface area contributed by atoms with E-state index in [2.05, 4.69) is 5.32 Å². The Labute approximate surface area is 119 Å². The van der Waals surface area contributed by atoms with Crippen molar-refractivity contribution in [3.8, 4) is 16.9 Å². The second-order valence-electron chi connectivity index (χ2n) is 4.82. The molecular formula is C17H19NO2. The monoisotopic (exact) mass is 269 g/mol. The number of rotatable bonds is 4. The number of carbonyl (C=O) groups is 1. The van der Waals surface area contributed by atoms with Gasteiger partial charge >= 0.3 is 0 Å². The van der Waals surface area contributed by atoms with Gasteiger partial charge in [-0.1, -0.05) is 30.3 Å². The topological polar surface area (TPSA) is 38.3 Å². The Hall–Kier alpha value is -2.29. The third kappa shape index (κ3) is 3.18. The Morgan fingerprint density at radius 1 is 1.10 bits per heavy atom. The molecule has 0 radical (unpaired) electrons. The molecule has 0 fully saturated rings. The molecule has 0 saturated carbocycles. The largest absolute Gasteiger partial charge is 0.490 e. The van der Waals surface area contributed by atoms with Crippen molar-refractivity contribution in [2.45, 2.75) is 20.0 Å². The first kappa shape index (κ1) is 14.1. The van der Waals surface area contributed by atoms with Crippen molar-refractivity contribution >= 4 is 5.91 Å². The van der Waals surface area contributed by atoms with E-state index in [1.807, 2.05) is 56.3 Å². The lowest BCUT2D eigenvalue weighted by Gasteiger charge is -2.14. The Kier molecular flexibility index (Phi) is 4.41. The van der Waals surface area contributed by atoms with Crippen molar-refractivity contribution in [1.29, 1.82) is 0 Å². The molecule has 0 saturated heterocycles. The molecular weight excluding hydrogens is 250 g/mol. The van der Waals surface area contributed by atoms with Crippen LogP contribution in [0.2, 0.25) is 0 Å². The number of hydrogen-bond acceptors (Lipinski definition) is 2. The summed E-state index contributed by atoms with van der Waals surface area (Å²) in [4.78, 5) is 11.7. The minimum absolute atomic E-state index is 0.0888. The van der Waals surface area contributed by atoms with Gasteiger partial charge in [0.15, 0.2) is 0 Å². The number of ether oxygens (including phenoxy) is 1. The third-order valence-electron chi connectivity index (χ3n) is 2.91. The Morgan fingerprint density at radius 2 is 1.85 bits per heavy atom. The molecule has 0 aliphatic carbocycles. The lowest BCUT2D eigenvalue weighted by Crippen LogP contribution is -2.17. The van der Waals surface area contributed by atoms with E-state index in [0.29, 0.717) is 5.56 Å². The number of nitrogens with one attached hydrogen (secondary N) is 1. The van der Waals surface area contributed by atoms with E-state index in [1.54, 1.807) is 13.1 Å². The zero-order valence-corrected chi connectivity index (χ0v) is 12.0. The maximum Gasteiger partial charge on any atom is 0.251 e. The van der Waals surface area contributed by atoms with Crippen LogP contribution in [-0.2, 0) is 0 Å². The van der Waals surface area contributed by atoms with Gasteiger partial charge in [0.1, 0.15) is 5.75 Å². The highest BCUT2D eigenvalue weighted by Gasteiger charge is 2.09. The maximum absolute atomic E-state index is 11.7. The third-order valence-corrected chi connectivity index (χ3v) is 2.91. The fraction of sp³-hybridized carbons (Fsp3) is 0.235. The molecule has 1 amide bonds. The minimum atomic E-state index is -0.0888. The summed E-state index contributed by atoms with van der Waals surface area (Å²) in [6, 6.07) is 15.4. The van der Waals surface area contributed by atoms with E-state index in [1.165, 1.54) is 0 Å². The lowest BCUT2D eigenvalue weighted by atomic mass is 10.0.